The smallest absolute Gasteiger partial charge is 0.303 e. The number of rotatable bonds is 9. The van der Waals surface area contributed by atoms with Crippen LogP contribution in [0.2, 0.25) is 0 Å². The molecular weight excluding hydrogens is 430 g/mol. The van der Waals surface area contributed by atoms with Gasteiger partial charge in [0.2, 0.25) is 0 Å². The predicted molar refractivity (Wildman–Crippen MR) is 132 cm³/mol. The minimum absolute atomic E-state index is 0.0810. The van der Waals surface area contributed by atoms with Crippen LogP contribution in [0.25, 0.3) is 0 Å². The molecule has 1 N–H and O–H groups in total. The third-order valence-electron chi connectivity index (χ3n) is 5.97. The van der Waals surface area contributed by atoms with Crippen LogP contribution in [-0.4, -0.2) is 34.6 Å². The molecule has 0 spiro atoms. The number of nitrogens with zero attached hydrogens (tertiary/aromatic N) is 1. The minimum Gasteiger partial charge on any atom is -0.483 e. The van der Waals surface area contributed by atoms with Crippen LogP contribution in [0.1, 0.15) is 71.1 Å². The van der Waals surface area contributed by atoms with Gasteiger partial charge in [0.25, 0.3) is 0 Å². The molecule has 6 nitrogen and oxygen atoms in total. The van der Waals surface area contributed by atoms with E-state index in [1.807, 2.05) is 56.5 Å². The summed E-state index contributed by atoms with van der Waals surface area (Å²) >= 11 is 0. The molecule has 0 aliphatic carbocycles. The molecule has 0 bridgehead atoms. The number of carbonyl (C=O) groups is 1. The average Bonchev–Trinajstić information content (AvgIpc) is 2.79. The summed E-state index contributed by atoms with van der Waals surface area (Å²) in [6, 6.07) is 12.1. The highest BCUT2D eigenvalue weighted by molar-refractivity contribution is 5.66. The highest BCUT2D eigenvalue weighted by Crippen LogP contribution is 2.38. The second-order valence-corrected chi connectivity index (χ2v) is 10.4. The van der Waals surface area contributed by atoms with Crippen LogP contribution in [0.3, 0.4) is 0 Å². The number of hydrogen-bond donors (Lipinski definition) is 1. The van der Waals surface area contributed by atoms with Gasteiger partial charge in [0, 0.05) is 24.7 Å². The van der Waals surface area contributed by atoms with Crippen LogP contribution < -0.4 is 4.74 Å². The number of hydrogen-bond acceptors (Lipinski definition) is 5. The minimum atomic E-state index is -0.791. The fourth-order valence-corrected chi connectivity index (χ4v) is 4.00. The molecule has 6 heteroatoms. The Morgan fingerprint density at radius 3 is 2.50 bits per heavy atom. The van der Waals surface area contributed by atoms with Gasteiger partial charge in [-0.2, -0.15) is 0 Å². The molecule has 0 saturated carbocycles. The van der Waals surface area contributed by atoms with Crippen molar-refractivity contribution in [2.24, 2.45) is 5.92 Å². The third-order valence-corrected chi connectivity index (χ3v) is 5.97. The van der Waals surface area contributed by atoms with E-state index in [1.165, 1.54) is 5.56 Å². The zero-order valence-corrected chi connectivity index (χ0v) is 20.9. The molecule has 0 amide bonds. The molecular formula is C28H37NO5. The molecule has 1 aliphatic heterocycles. The number of aromatic nitrogens is 1. The molecule has 1 aromatic carbocycles. The Morgan fingerprint density at radius 1 is 1.15 bits per heavy atom. The first-order valence-corrected chi connectivity index (χ1v) is 11.9. The lowest BCUT2D eigenvalue weighted by Crippen LogP contribution is -2.50. The largest absolute Gasteiger partial charge is 0.483 e. The van der Waals surface area contributed by atoms with Crippen LogP contribution in [0.5, 0.6) is 5.75 Å². The molecule has 0 unspecified atom stereocenters. The summed E-state index contributed by atoms with van der Waals surface area (Å²) in [7, 11) is 0. The number of ether oxygens (including phenoxy) is 3. The maximum atomic E-state index is 10.7. The lowest BCUT2D eigenvalue weighted by Gasteiger charge is -2.43. The van der Waals surface area contributed by atoms with Crippen molar-refractivity contribution < 1.29 is 24.1 Å². The summed E-state index contributed by atoms with van der Waals surface area (Å²) in [4.78, 5) is 15.0. The van der Waals surface area contributed by atoms with Crippen LogP contribution in [-0.2, 0) is 19.7 Å². The fraction of sp³-hybridized carbons (Fsp3) is 0.500. The van der Waals surface area contributed by atoms with Gasteiger partial charge in [0.1, 0.15) is 5.75 Å². The predicted octanol–water partition coefficient (Wildman–Crippen LogP) is 6.08. The van der Waals surface area contributed by atoms with E-state index in [0.717, 1.165) is 17.7 Å². The number of pyridine rings is 1. The topological polar surface area (TPSA) is 77.9 Å². The number of benzene rings is 1. The van der Waals surface area contributed by atoms with Gasteiger partial charge in [-0.3, -0.25) is 9.78 Å². The van der Waals surface area contributed by atoms with E-state index in [9.17, 15) is 4.79 Å². The molecule has 2 aromatic rings. The number of carboxylic acid groups (broad SMARTS) is 1. The summed E-state index contributed by atoms with van der Waals surface area (Å²) in [5.41, 5.74) is 1.60. The fourth-order valence-electron chi connectivity index (χ4n) is 4.00. The Labute approximate surface area is 203 Å². The standard InChI is InChI=1S/C28H37NO5/c1-27(2,3)22-13-15-23(16-14-22)34-28(4,5)26-32-19-21(10-7-6-8-12-24(30)31)25(33-26)20-11-9-17-29-18-20/h6-7,9,11,13-18,21,25-26H,8,10,12,19H2,1-5H3,(H,30,31)/b7-6-/t21-,25-,26+/m1/s1. The van der Waals surface area contributed by atoms with Crippen LogP contribution in [0.15, 0.2) is 60.9 Å². The Bertz CT molecular complexity index is 947. The SMILES string of the molecule is CC(C)(C)c1ccc(OC(C)(C)[C@H]2OC[C@@H](C/C=C\CCC(=O)O)[C@@H](c3cccnc3)O2)cc1. The first-order valence-electron chi connectivity index (χ1n) is 11.9. The van der Waals surface area contributed by atoms with Crippen LogP contribution >= 0.6 is 0 Å². The molecule has 1 aliphatic rings. The second-order valence-electron chi connectivity index (χ2n) is 10.4. The summed E-state index contributed by atoms with van der Waals surface area (Å²) in [5.74, 6) is 0.0651. The number of aliphatic carboxylic acids is 1. The molecule has 3 atom stereocenters. The zero-order valence-electron chi connectivity index (χ0n) is 20.9. The maximum absolute atomic E-state index is 10.7. The van der Waals surface area contributed by atoms with E-state index in [4.69, 9.17) is 19.3 Å². The van der Waals surface area contributed by atoms with E-state index < -0.39 is 17.9 Å². The van der Waals surface area contributed by atoms with E-state index in [-0.39, 0.29) is 23.9 Å². The Balaban J connectivity index is 1.70. The molecule has 3 rings (SSSR count). The van der Waals surface area contributed by atoms with Crippen LogP contribution in [0.4, 0.5) is 0 Å². The molecule has 34 heavy (non-hydrogen) atoms. The van der Waals surface area contributed by atoms with Gasteiger partial charge in [-0.1, -0.05) is 51.1 Å². The summed E-state index contributed by atoms with van der Waals surface area (Å²) in [6.07, 6.45) is 8.10. The second kappa shape index (κ2) is 11.2. The van der Waals surface area contributed by atoms with Gasteiger partial charge in [0.05, 0.1) is 12.7 Å². The van der Waals surface area contributed by atoms with Gasteiger partial charge in [-0.05, 0) is 61.4 Å². The van der Waals surface area contributed by atoms with Crippen molar-refractivity contribution in [3.63, 3.8) is 0 Å². The first kappa shape index (κ1) is 25.9. The van der Waals surface area contributed by atoms with E-state index in [0.29, 0.717) is 13.0 Å². The van der Waals surface area contributed by atoms with Crippen molar-refractivity contribution in [1.29, 1.82) is 0 Å². The zero-order chi connectivity index (χ0) is 24.8. The lowest BCUT2D eigenvalue weighted by atomic mass is 9.87. The molecule has 184 valence electrons. The van der Waals surface area contributed by atoms with Crippen molar-refractivity contribution in [3.8, 4) is 5.75 Å². The van der Waals surface area contributed by atoms with Gasteiger partial charge in [-0.25, -0.2) is 0 Å². The van der Waals surface area contributed by atoms with E-state index >= 15 is 0 Å². The summed E-state index contributed by atoms with van der Waals surface area (Å²) in [6.45, 7) is 11.0. The van der Waals surface area contributed by atoms with E-state index in [2.05, 4.69) is 37.9 Å². The Morgan fingerprint density at radius 2 is 1.88 bits per heavy atom. The summed E-state index contributed by atoms with van der Waals surface area (Å²) in [5, 5.41) is 8.82. The first-order chi connectivity index (χ1) is 16.1. The molecule has 2 heterocycles. The van der Waals surface area contributed by atoms with Gasteiger partial charge in [-0.15, -0.1) is 0 Å². The highest BCUT2D eigenvalue weighted by atomic mass is 16.7. The normalized spacial score (nSPS) is 21.5. The van der Waals surface area contributed by atoms with Crippen molar-refractivity contribution in [2.45, 2.75) is 77.3 Å². The van der Waals surface area contributed by atoms with Crippen molar-refractivity contribution in [2.75, 3.05) is 6.61 Å². The number of allylic oxidation sites excluding steroid dienone is 2. The maximum Gasteiger partial charge on any atom is 0.303 e. The Hall–Kier alpha value is -2.70. The molecule has 1 fully saturated rings. The lowest BCUT2D eigenvalue weighted by molar-refractivity contribution is -0.288. The van der Waals surface area contributed by atoms with Crippen molar-refractivity contribution >= 4 is 5.97 Å². The van der Waals surface area contributed by atoms with Gasteiger partial charge in [0.15, 0.2) is 11.9 Å². The van der Waals surface area contributed by atoms with Gasteiger partial charge < -0.3 is 19.3 Å². The van der Waals surface area contributed by atoms with Crippen molar-refractivity contribution in [1.82, 2.24) is 4.98 Å². The van der Waals surface area contributed by atoms with Crippen molar-refractivity contribution in [3.05, 3.63) is 72.1 Å². The highest BCUT2D eigenvalue weighted by Gasteiger charge is 2.42. The molecule has 1 saturated heterocycles. The molecule has 1 aromatic heterocycles. The van der Waals surface area contributed by atoms with E-state index in [1.54, 1.807) is 6.20 Å². The number of carboxylic acids is 1. The monoisotopic (exact) mass is 467 g/mol. The summed E-state index contributed by atoms with van der Waals surface area (Å²) < 4.78 is 19.0. The molecule has 0 radical (unpaired) electrons. The Kier molecular flexibility index (Phi) is 8.50. The van der Waals surface area contributed by atoms with Gasteiger partial charge >= 0.3 is 5.97 Å². The quantitative estimate of drug-likeness (QED) is 0.451. The third kappa shape index (κ3) is 7.15. The average molecular weight is 468 g/mol. The van der Waals surface area contributed by atoms with Crippen LogP contribution in [0, 0.1) is 5.92 Å².